The summed E-state index contributed by atoms with van der Waals surface area (Å²) >= 11 is 0. The summed E-state index contributed by atoms with van der Waals surface area (Å²) in [6, 6.07) is 1.92. The van der Waals surface area contributed by atoms with E-state index in [2.05, 4.69) is 37.2 Å². The Balaban J connectivity index is 1.51. The molecular weight excluding hydrogens is 330 g/mol. The van der Waals surface area contributed by atoms with Crippen molar-refractivity contribution in [2.45, 2.75) is 33.2 Å². The van der Waals surface area contributed by atoms with Gasteiger partial charge in [-0.05, 0) is 45.8 Å². The fourth-order valence-corrected chi connectivity index (χ4v) is 3.37. The Labute approximate surface area is 152 Å². The fraction of sp³-hybridized carbons (Fsp3) is 0.500. The number of H-pyrrole nitrogens is 1. The molecule has 1 aliphatic rings. The number of aromatic nitrogens is 5. The van der Waals surface area contributed by atoms with Crippen LogP contribution in [0.4, 0.5) is 11.6 Å². The first-order valence-corrected chi connectivity index (χ1v) is 9.24. The second-order valence-corrected chi connectivity index (χ2v) is 6.57. The van der Waals surface area contributed by atoms with E-state index >= 15 is 0 Å². The molecule has 26 heavy (non-hydrogen) atoms. The van der Waals surface area contributed by atoms with Crippen molar-refractivity contribution < 1.29 is 4.74 Å². The average Bonchev–Trinajstić information content (AvgIpc) is 3.37. The monoisotopic (exact) mass is 355 g/mol. The molecule has 0 unspecified atom stereocenters. The molecule has 4 heterocycles. The van der Waals surface area contributed by atoms with Crippen molar-refractivity contribution in [3.8, 4) is 5.88 Å². The molecule has 0 saturated carbocycles. The van der Waals surface area contributed by atoms with Gasteiger partial charge in [-0.15, -0.1) is 0 Å². The van der Waals surface area contributed by atoms with Gasteiger partial charge in [-0.1, -0.05) is 0 Å². The largest absolute Gasteiger partial charge is 0.477 e. The predicted molar refractivity (Wildman–Crippen MR) is 101 cm³/mol. The van der Waals surface area contributed by atoms with Crippen LogP contribution in [0, 0.1) is 6.92 Å². The zero-order valence-electron chi connectivity index (χ0n) is 15.3. The highest BCUT2D eigenvalue weighted by molar-refractivity contribution is 5.82. The van der Waals surface area contributed by atoms with Crippen molar-refractivity contribution in [1.29, 1.82) is 0 Å². The quantitative estimate of drug-likeness (QED) is 0.678. The van der Waals surface area contributed by atoms with E-state index in [4.69, 9.17) is 4.74 Å². The highest BCUT2D eigenvalue weighted by atomic mass is 16.5. The number of rotatable bonds is 7. The van der Waals surface area contributed by atoms with E-state index in [1.165, 1.54) is 25.9 Å². The third kappa shape index (κ3) is 3.37. The Morgan fingerprint density at radius 1 is 1.23 bits per heavy atom. The van der Waals surface area contributed by atoms with E-state index in [-0.39, 0.29) is 0 Å². The van der Waals surface area contributed by atoms with Gasteiger partial charge in [-0.25, -0.2) is 0 Å². The minimum Gasteiger partial charge on any atom is -0.477 e. The summed E-state index contributed by atoms with van der Waals surface area (Å²) in [6.45, 7) is 8.92. The molecule has 1 saturated heterocycles. The van der Waals surface area contributed by atoms with Crippen molar-refractivity contribution >= 4 is 22.7 Å². The van der Waals surface area contributed by atoms with E-state index in [0.717, 1.165) is 35.5 Å². The third-order valence-electron chi connectivity index (χ3n) is 4.84. The summed E-state index contributed by atoms with van der Waals surface area (Å²) in [6.07, 6.45) is 6.30. The van der Waals surface area contributed by atoms with Gasteiger partial charge in [0.15, 0.2) is 0 Å². The molecule has 0 atom stereocenters. The number of hydrogen-bond donors (Lipinski definition) is 2. The van der Waals surface area contributed by atoms with E-state index in [0.29, 0.717) is 18.4 Å². The Morgan fingerprint density at radius 3 is 2.88 bits per heavy atom. The molecule has 3 aromatic rings. The van der Waals surface area contributed by atoms with Crippen LogP contribution in [-0.2, 0) is 6.54 Å². The molecular formula is C18H25N7O. The van der Waals surface area contributed by atoms with E-state index in [9.17, 15) is 0 Å². The first-order valence-electron chi connectivity index (χ1n) is 9.24. The summed E-state index contributed by atoms with van der Waals surface area (Å²) in [5.74, 6) is 1.09. The van der Waals surface area contributed by atoms with Crippen LogP contribution in [0.15, 0.2) is 18.5 Å². The molecule has 138 valence electrons. The van der Waals surface area contributed by atoms with Gasteiger partial charge in [0.2, 0.25) is 11.8 Å². The molecule has 0 spiro atoms. The molecule has 1 aliphatic heterocycles. The molecule has 3 aromatic heterocycles. The van der Waals surface area contributed by atoms with Gasteiger partial charge in [0.1, 0.15) is 5.65 Å². The first kappa shape index (κ1) is 16.8. The number of likely N-dealkylation sites (tertiary alicyclic amines) is 1. The first-order chi connectivity index (χ1) is 12.7. The number of ether oxygens (including phenoxy) is 1. The van der Waals surface area contributed by atoms with Crippen LogP contribution in [0.1, 0.15) is 25.5 Å². The molecule has 0 amide bonds. The number of anilines is 2. The molecule has 8 nitrogen and oxygen atoms in total. The molecule has 0 bridgehead atoms. The molecule has 0 aliphatic carbocycles. The number of hydrogen-bond acceptors (Lipinski definition) is 6. The number of nitrogens with one attached hydrogen (secondary N) is 2. The minimum atomic E-state index is 0.505. The topological polar surface area (TPSA) is 83.9 Å². The van der Waals surface area contributed by atoms with Crippen LogP contribution < -0.4 is 10.1 Å². The summed E-state index contributed by atoms with van der Waals surface area (Å²) in [5, 5.41) is 8.68. The molecule has 2 N–H and O–H groups in total. The Bertz CT molecular complexity index is 879. The maximum Gasteiger partial charge on any atom is 0.232 e. The van der Waals surface area contributed by atoms with E-state index in [1.54, 1.807) is 0 Å². The van der Waals surface area contributed by atoms with Crippen molar-refractivity contribution in [3.63, 3.8) is 0 Å². The molecule has 0 aromatic carbocycles. The van der Waals surface area contributed by atoms with Crippen LogP contribution >= 0.6 is 0 Å². The standard InChI is InChI=1S/C18H25N7O/c1-3-26-17-14-6-7-19-16(14)22-18(23-17)21-15-12-20-25(13(15)2)11-10-24-8-4-5-9-24/h6-7,12H,3-5,8-11H2,1-2H3,(H2,19,21,22,23). The van der Waals surface area contributed by atoms with Crippen LogP contribution in [0.5, 0.6) is 5.88 Å². The van der Waals surface area contributed by atoms with Crippen molar-refractivity contribution in [1.82, 2.24) is 29.6 Å². The molecule has 8 heteroatoms. The third-order valence-corrected chi connectivity index (χ3v) is 4.84. The van der Waals surface area contributed by atoms with Gasteiger partial charge in [-0.3, -0.25) is 4.68 Å². The normalized spacial score (nSPS) is 15.0. The Kier molecular flexibility index (Phi) is 4.75. The maximum absolute atomic E-state index is 5.65. The van der Waals surface area contributed by atoms with Crippen molar-refractivity contribution in [2.75, 3.05) is 31.6 Å². The van der Waals surface area contributed by atoms with Crippen LogP contribution in [-0.4, -0.2) is 55.9 Å². The van der Waals surface area contributed by atoms with Crippen molar-refractivity contribution in [3.05, 3.63) is 24.2 Å². The van der Waals surface area contributed by atoms with E-state index < -0.39 is 0 Å². The van der Waals surface area contributed by atoms with Crippen molar-refractivity contribution in [2.24, 2.45) is 0 Å². The van der Waals surface area contributed by atoms with Gasteiger partial charge in [0.05, 0.1) is 36.1 Å². The zero-order chi connectivity index (χ0) is 17.9. The minimum absolute atomic E-state index is 0.505. The van der Waals surface area contributed by atoms with Gasteiger partial charge in [0.25, 0.3) is 0 Å². The Morgan fingerprint density at radius 2 is 2.08 bits per heavy atom. The highest BCUT2D eigenvalue weighted by Crippen LogP contribution is 2.25. The number of nitrogens with zero attached hydrogens (tertiary/aromatic N) is 5. The van der Waals surface area contributed by atoms with Crippen LogP contribution in [0.2, 0.25) is 0 Å². The molecule has 0 radical (unpaired) electrons. The summed E-state index contributed by atoms with van der Waals surface area (Å²) in [4.78, 5) is 14.6. The highest BCUT2D eigenvalue weighted by Gasteiger charge is 2.14. The number of fused-ring (bicyclic) bond motifs is 1. The predicted octanol–water partition coefficient (Wildman–Crippen LogP) is 2.70. The van der Waals surface area contributed by atoms with Gasteiger partial charge in [-0.2, -0.15) is 15.1 Å². The molecule has 4 rings (SSSR count). The van der Waals surface area contributed by atoms with Crippen LogP contribution in [0.25, 0.3) is 11.0 Å². The lowest BCUT2D eigenvalue weighted by molar-refractivity contribution is 0.314. The summed E-state index contributed by atoms with van der Waals surface area (Å²) < 4.78 is 7.69. The van der Waals surface area contributed by atoms with Gasteiger partial charge in [0, 0.05) is 12.7 Å². The van der Waals surface area contributed by atoms with Crippen LogP contribution in [0.3, 0.4) is 0 Å². The number of aromatic amines is 1. The Hall–Kier alpha value is -2.61. The van der Waals surface area contributed by atoms with E-state index in [1.807, 2.05) is 30.1 Å². The second kappa shape index (κ2) is 7.33. The average molecular weight is 355 g/mol. The zero-order valence-corrected chi connectivity index (χ0v) is 15.3. The lowest BCUT2D eigenvalue weighted by Crippen LogP contribution is -2.24. The lowest BCUT2D eigenvalue weighted by atomic mass is 10.4. The maximum atomic E-state index is 5.65. The second-order valence-electron chi connectivity index (χ2n) is 6.57. The lowest BCUT2D eigenvalue weighted by Gasteiger charge is -2.15. The fourth-order valence-electron chi connectivity index (χ4n) is 3.37. The van der Waals surface area contributed by atoms with Gasteiger partial charge < -0.3 is 19.9 Å². The molecule has 1 fully saturated rings. The SMILES string of the molecule is CCOc1nc(Nc2cnn(CCN3CCCC3)c2C)nc2[nH]ccc12. The summed E-state index contributed by atoms with van der Waals surface area (Å²) in [7, 11) is 0. The smallest absolute Gasteiger partial charge is 0.232 e. The van der Waals surface area contributed by atoms with Gasteiger partial charge >= 0.3 is 0 Å². The summed E-state index contributed by atoms with van der Waals surface area (Å²) in [5.41, 5.74) is 2.75.